The van der Waals surface area contributed by atoms with Crippen molar-refractivity contribution in [3.63, 3.8) is 0 Å². The van der Waals surface area contributed by atoms with E-state index in [4.69, 9.17) is 20.9 Å². The van der Waals surface area contributed by atoms with Gasteiger partial charge in [-0.15, -0.1) is 0 Å². The van der Waals surface area contributed by atoms with Gasteiger partial charge in [0.15, 0.2) is 0 Å². The predicted molar refractivity (Wildman–Crippen MR) is 66.4 cm³/mol. The summed E-state index contributed by atoms with van der Waals surface area (Å²) in [5.41, 5.74) is 12.1. The molecular formula is C12H20N2O3. The predicted octanol–water partition coefficient (Wildman–Crippen LogP) is 1.15. The minimum absolute atomic E-state index is 0.0886. The van der Waals surface area contributed by atoms with Crippen LogP contribution in [0.15, 0.2) is 12.1 Å². The van der Waals surface area contributed by atoms with Crippen molar-refractivity contribution in [1.29, 1.82) is 0 Å². The van der Waals surface area contributed by atoms with Gasteiger partial charge in [-0.2, -0.15) is 0 Å². The maximum atomic E-state index is 9.93. The van der Waals surface area contributed by atoms with Crippen LogP contribution in [0.2, 0.25) is 0 Å². The van der Waals surface area contributed by atoms with E-state index < -0.39 is 0 Å². The van der Waals surface area contributed by atoms with Crippen LogP contribution in [0.25, 0.3) is 0 Å². The Morgan fingerprint density at radius 2 is 2.00 bits per heavy atom. The molecule has 1 atom stereocenters. The lowest BCUT2D eigenvalue weighted by atomic mass is 10.0. The van der Waals surface area contributed by atoms with Crippen LogP contribution in [0, 0.1) is 0 Å². The summed E-state index contributed by atoms with van der Waals surface area (Å²) in [4.78, 5) is 0. The Hall–Kier alpha value is -1.46. The second-order valence-corrected chi connectivity index (χ2v) is 3.80. The molecule has 0 saturated carbocycles. The first-order valence-corrected chi connectivity index (χ1v) is 5.54. The molecule has 5 N–H and O–H groups in total. The number of benzene rings is 1. The Morgan fingerprint density at radius 3 is 2.53 bits per heavy atom. The zero-order valence-corrected chi connectivity index (χ0v) is 10.3. The highest BCUT2D eigenvalue weighted by Crippen LogP contribution is 2.37. The number of ether oxygens (including phenoxy) is 2. The standard InChI is InChI=1S/C12H20N2O3/c1-16-8-6-10(15)12(11(7-8)17-2)9(14)4-3-5-13/h6-7,9,15H,3-5,13-14H2,1-2H3/t9-/m1/s1. The molecule has 0 bridgehead atoms. The van der Waals surface area contributed by atoms with Gasteiger partial charge in [-0.05, 0) is 19.4 Å². The molecule has 1 aromatic rings. The van der Waals surface area contributed by atoms with E-state index in [-0.39, 0.29) is 11.8 Å². The van der Waals surface area contributed by atoms with E-state index >= 15 is 0 Å². The molecule has 0 aliphatic carbocycles. The van der Waals surface area contributed by atoms with Crippen LogP contribution in [-0.4, -0.2) is 25.9 Å². The molecule has 17 heavy (non-hydrogen) atoms. The SMILES string of the molecule is COc1cc(O)c([C@H](N)CCCN)c(OC)c1. The van der Waals surface area contributed by atoms with Gasteiger partial charge in [-0.25, -0.2) is 0 Å². The van der Waals surface area contributed by atoms with Crippen molar-refractivity contribution in [2.75, 3.05) is 20.8 Å². The quantitative estimate of drug-likeness (QED) is 0.693. The number of hydrogen-bond donors (Lipinski definition) is 3. The van der Waals surface area contributed by atoms with E-state index in [0.717, 1.165) is 6.42 Å². The molecule has 0 radical (unpaired) electrons. The summed E-state index contributed by atoms with van der Waals surface area (Å²) in [6.45, 7) is 0.576. The second-order valence-electron chi connectivity index (χ2n) is 3.80. The minimum Gasteiger partial charge on any atom is -0.507 e. The fourth-order valence-corrected chi connectivity index (χ4v) is 1.73. The lowest BCUT2D eigenvalue weighted by molar-refractivity contribution is 0.373. The average Bonchev–Trinajstić information content (AvgIpc) is 2.34. The molecule has 0 aliphatic rings. The third kappa shape index (κ3) is 3.25. The maximum Gasteiger partial charge on any atom is 0.131 e. The van der Waals surface area contributed by atoms with E-state index in [1.807, 2.05) is 0 Å². The zero-order chi connectivity index (χ0) is 12.8. The molecule has 0 amide bonds. The van der Waals surface area contributed by atoms with Crippen LogP contribution in [0.3, 0.4) is 0 Å². The summed E-state index contributed by atoms with van der Waals surface area (Å²) >= 11 is 0. The van der Waals surface area contributed by atoms with Crippen LogP contribution < -0.4 is 20.9 Å². The number of hydrogen-bond acceptors (Lipinski definition) is 5. The van der Waals surface area contributed by atoms with E-state index in [9.17, 15) is 5.11 Å². The molecular weight excluding hydrogens is 220 g/mol. The lowest BCUT2D eigenvalue weighted by Crippen LogP contribution is -2.14. The third-order valence-corrected chi connectivity index (χ3v) is 2.64. The smallest absolute Gasteiger partial charge is 0.131 e. The molecule has 5 heteroatoms. The Morgan fingerprint density at radius 1 is 1.29 bits per heavy atom. The first-order chi connectivity index (χ1) is 8.13. The van der Waals surface area contributed by atoms with Gasteiger partial charge in [0.25, 0.3) is 0 Å². The van der Waals surface area contributed by atoms with E-state index in [1.54, 1.807) is 6.07 Å². The highest BCUT2D eigenvalue weighted by molar-refractivity contribution is 5.51. The molecule has 0 unspecified atom stereocenters. The normalized spacial score (nSPS) is 12.2. The van der Waals surface area contributed by atoms with Crippen molar-refractivity contribution in [1.82, 2.24) is 0 Å². The van der Waals surface area contributed by atoms with Crippen LogP contribution in [0.1, 0.15) is 24.4 Å². The van der Waals surface area contributed by atoms with Crippen LogP contribution in [-0.2, 0) is 0 Å². The van der Waals surface area contributed by atoms with E-state index in [2.05, 4.69) is 0 Å². The zero-order valence-electron chi connectivity index (χ0n) is 10.3. The summed E-state index contributed by atoms with van der Waals surface area (Å²) < 4.78 is 10.3. The van der Waals surface area contributed by atoms with Gasteiger partial charge < -0.3 is 26.0 Å². The molecule has 1 aromatic carbocycles. The van der Waals surface area contributed by atoms with Crippen LogP contribution >= 0.6 is 0 Å². The molecule has 0 heterocycles. The summed E-state index contributed by atoms with van der Waals surface area (Å²) in [5, 5.41) is 9.93. The number of phenols is 1. The van der Waals surface area contributed by atoms with E-state index in [0.29, 0.717) is 30.0 Å². The van der Waals surface area contributed by atoms with Crippen molar-refractivity contribution in [2.45, 2.75) is 18.9 Å². The Bertz CT molecular complexity index is 369. The fraction of sp³-hybridized carbons (Fsp3) is 0.500. The monoisotopic (exact) mass is 240 g/mol. The number of rotatable bonds is 6. The van der Waals surface area contributed by atoms with E-state index in [1.165, 1.54) is 20.3 Å². The maximum absolute atomic E-state index is 9.93. The summed E-state index contributed by atoms with van der Waals surface area (Å²) in [6, 6.07) is 2.94. The Balaban J connectivity index is 3.04. The molecule has 96 valence electrons. The second kappa shape index (κ2) is 6.32. The first kappa shape index (κ1) is 13.6. The van der Waals surface area contributed by atoms with Gasteiger partial charge in [0, 0.05) is 18.2 Å². The van der Waals surface area contributed by atoms with Crippen LogP contribution in [0.5, 0.6) is 17.2 Å². The summed E-state index contributed by atoms with van der Waals surface area (Å²) in [6.07, 6.45) is 1.50. The Kier molecular flexibility index (Phi) is 5.06. The van der Waals surface area contributed by atoms with Crippen molar-refractivity contribution in [2.24, 2.45) is 11.5 Å². The fourth-order valence-electron chi connectivity index (χ4n) is 1.73. The molecule has 0 spiro atoms. The van der Waals surface area contributed by atoms with Crippen molar-refractivity contribution in [3.8, 4) is 17.2 Å². The molecule has 5 nitrogen and oxygen atoms in total. The summed E-state index contributed by atoms with van der Waals surface area (Å²) in [5.74, 6) is 1.16. The molecule has 1 rings (SSSR count). The largest absolute Gasteiger partial charge is 0.507 e. The van der Waals surface area contributed by atoms with Gasteiger partial charge in [0.2, 0.25) is 0 Å². The average molecular weight is 240 g/mol. The molecule has 0 saturated heterocycles. The van der Waals surface area contributed by atoms with Gasteiger partial charge >= 0.3 is 0 Å². The number of nitrogens with two attached hydrogens (primary N) is 2. The number of methoxy groups -OCH3 is 2. The van der Waals surface area contributed by atoms with Gasteiger partial charge in [-0.1, -0.05) is 0 Å². The van der Waals surface area contributed by atoms with Gasteiger partial charge in [0.05, 0.1) is 19.8 Å². The molecule has 0 aliphatic heterocycles. The molecule has 0 aromatic heterocycles. The van der Waals surface area contributed by atoms with Crippen molar-refractivity contribution < 1.29 is 14.6 Å². The first-order valence-electron chi connectivity index (χ1n) is 5.54. The van der Waals surface area contributed by atoms with Crippen LogP contribution in [0.4, 0.5) is 0 Å². The highest BCUT2D eigenvalue weighted by atomic mass is 16.5. The van der Waals surface area contributed by atoms with Gasteiger partial charge in [-0.3, -0.25) is 0 Å². The third-order valence-electron chi connectivity index (χ3n) is 2.64. The summed E-state index contributed by atoms with van der Waals surface area (Å²) in [7, 11) is 3.07. The highest BCUT2D eigenvalue weighted by Gasteiger charge is 2.18. The minimum atomic E-state index is -0.292. The molecule has 0 fully saturated rings. The van der Waals surface area contributed by atoms with Crippen molar-refractivity contribution in [3.05, 3.63) is 17.7 Å². The van der Waals surface area contributed by atoms with Crippen molar-refractivity contribution >= 4 is 0 Å². The lowest BCUT2D eigenvalue weighted by Gasteiger charge is -2.18. The topological polar surface area (TPSA) is 90.7 Å². The van der Waals surface area contributed by atoms with Gasteiger partial charge in [0.1, 0.15) is 17.2 Å². The number of phenolic OH excluding ortho intramolecular Hbond substituents is 1. The number of aromatic hydroxyl groups is 1. The Labute approximate surface area is 101 Å².